The highest BCUT2D eigenvalue weighted by Crippen LogP contribution is 2.30. The second-order valence-corrected chi connectivity index (χ2v) is 12.3. The van der Waals surface area contributed by atoms with Crippen LogP contribution in [0.25, 0.3) is 0 Å². The molecule has 1 fully saturated rings. The molecule has 2 aromatic rings. The zero-order chi connectivity index (χ0) is 22.9. The lowest BCUT2D eigenvalue weighted by Gasteiger charge is -2.16. The molecule has 8 nitrogen and oxygen atoms in total. The first kappa shape index (κ1) is 22.8. The van der Waals surface area contributed by atoms with Crippen molar-refractivity contribution in [2.45, 2.75) is 41.9 Å². The maximum Gasteiger partial charge on any atom is 0.276 e. The molecule has 11 heteroatoms. The average molecular weight is 494 g/mol. The fourth-order valence-corrected chi connectivity index (χ4v) is 7.42. The Morgan fingerprint density at radius 3 is 2.53 bits per heavy atom. The molecule has 1 saturated heterocycles. The van der Waals surface area contributed by atoms with Gasteiger partial charge < -0.3 is 0 Å². The van der Waals surface area contributed by atoms with Crippen molar-refractivity contribution in [2.75, 3.05) is 13.1 Å². The van der Waals surface area contributed by atoms with Crippen LogP contribution < -0.4 is 4.72 Å². The summed E-state index contributed by atoms with van der Waals surface area (Å²) in [7, 11) is -8.06. The van der Waals surface area contributed by atoms with E-state index in [0.29, 0.717) is 18.8 Å². The first-order valence-corrected chi connectivity index (χ1v) is 13.9. The van der Waals surface area contributed by atoms with Gasteiger partial charge >= 0.3 is 0 Å². The van der Waals surface area contributed by atoms with E-state index in [1.165, 1.54) is 22.5 Å². The van der Waals surface area contributed by atoms with Crippen molar-refractivity contribution in [1.82, 2.24) is 14.0 Å². The molecule has 2 heterocycles. The molecule has 1 aliphatic carbocycles. The number of carbonyl (C=O) groups excluding carboxylic acids is 1. The van der Waals surface area contributed by atoms with Crippen molar-refractivity contribution in [2.24, 2.45) is 0 Å². The Bertz CT molecular complexity index is 1300. The molecule has 32 heavy (non-hydrogen) atoms. The number of sulfonamides is 2. The summed E-state index contributed by atoms with van der Waals surface area (Å²) in [5, 5.41) is 0.740. The number of hydrogen-bond acceptors (Lipinski definition) is 7. The molecule has 1 unspecified atom stereocenters. The van der Waals surface area contributed by atoms with E-state index >= 15 is 0 Å². The minimum atomic E-state index is -4.28. The van der Waals surface area contributed by atoms with E-state index in [1.54, 1.807) is 6.92 Å². The smallest absolute Gasteiger partial charge is 0.267 e. The molecule has 1 aromatic heterocycles. The molecule has 4 rings (SSSR count). The highest BCUT2D eigenvalue weighted by atomic mass is 32.2. The largest absolute Gasteiger partial charge is 0.276 e. The summed E-state index contributed by atoms with van der Waals surface area (Å²) in [6.07, 6.45) is 10.2. The van der Waals surface area contributed by atoms with Gasteiger partial charge in [-0.1, -0.05) is 30.4 Å². The van der Waals surface area contributed by atoms with Crippen molar-refractivity contribution in [3.05, 3.63) is 64.1 Å². The molecular weight excluding hydrogens is 470 g/mol. The summed E-state index contributed by atoms with van der Waals surface area (Å²) in [5.41, 5.74) is 0.450. The molecule has 1 amide bonds. The average Bonchev–Trinajstić information content (AvgIpc) is 3.45. The SMILES string of the molecule is Cc1nc(C2C=CC=CC2)sc1C(=O)NS(=O)(=O)c1cccc(S(=O)(=O)N2CCCC2)c1. The van der Waals surface area contributed by atoms with Crippen molar-refractivity contribution < 1.29 is 21.6 Å². The van der Waals surface area contributed by atoms with Crippen LogP contribution in [0, 0.1) is 6.92 Å². The first-order valence-electron chi connectivity index (χ1n) is 10.2. The van der Waals surface area contributed by atoms with E-state index in [-0.39, 0.29) is 20.6 Å². The van der Waals surface area contributed by atoms with Gasteiger partial charge in [-0.3, -0.25) is 4.79 Å². The van der Waals surface area contributed by atoms with Gasteiger partial charge in [-0.25, -0.2) is 26.5 Å². The maximum absolute atomic E-state index is 12.9. The number of nitrogens with one attached hydrogen (secondary N) is 1. The number of thiazole rings is 1. The third-order valence-electron chi connectivity index (χ3n) is 5.36. The minimum Gasteiger partial charge on any atom is -0.267 e. The highest BCUT2D eigenvalue weighted by Gasteiger charge is 2.29. The van der Waals surface area contributed by atoms with Gasteiger partial charge in [-0.2, -0.15) is 4.31 Å². The van der Waals surface area contributed by atoms with Crippen LogP contribution in [0.5, 0.6) is 0 Å². The van der Waals surface area contributed by atoms with Crippen molar-refractivity contribution in [1.29, 1.82) is 0 Å². The van der Waals surface area contributed by atoms with E-state index < -0.39 is 26.0 Å². The normalized spacial score (nSPS) is 19.3. The summed E-state index contributed by atoms with van der Waals surface area (Å²) in [6.45, 7) is 2.48. The lowest BCUT2D eigenvalue weighted by atomic mass is 10.0. The second kappa shape index (κ2) is 8.89. The van der Waals surface area contributed by atoms with Gasteiger partial charge in [0.05, 0.1) is 15.5 Å². The van der Waals surface area contributed by atoms with Crippen molar-refractivity contribution in [3.63, 3.8) is 0 Å². The van der Waals surface area contributed by atoms with E-state index in [9.17, 15) is 21.6 Å². The minimum absolute atomic E-state index is 0.0503. The molecular formula is C21H23N3O5S3. The van der Waals surface area contributed by atoms with E-state index in [2.05, 4.69) is 9.71 Å². The third-order valence-corrected chi connectivity index (χ3v) is 9.87. The zero-order valence-electron chi connectivity index (χ0n) is 17.4. The Kier molecular flexibility index (Phi) is 6.35. The number of nitrogens with zero attached hydrogens (tertiary/aromatic N) is 2. The Morgan fingerprint density at radius 2 is 1.84 bits per heavy atom. The van der Waals surface area contributed by atoms with Crippen LogP contribution in [-0.4, -0.2) is 45.1 Å². The molecule has 0 saturated carbocycles. The van der Waals surface area contributed by atoms with Crippen LogP contribution in [0.15, 0.2) is 58.4 Å². The number of hydrogen-bond donors (Lipinski definition) is 1. The number of allylic oxidation sites excluding steroid dienone is 4. The summed E-state index contributed by atoms with van der Waals surface area (Å²) in [5.74, 6) is -0.733. The van der Waals surface area contributed by atoms with E-state index in [1.807, 2.05) is 24.3 Å². The number of carbonyl (C=O) groups is 1. The summed E-state index contributed by atoms with van der Waals surface area (Å²) < 4.78 is 54.7. The lowest BCUT2D eigenvalue weighted by Crippen LogP contribution is -2.31. The van der Waals surface area contributed by atoms with Crippen molar-refractivity contribution in [3.8, 4) is 0 Å². The van der Waals surface area contributed by atoms with E-state index in [4.69, 9.17) is 0 Å². The van der Waals surface area contributed by atoms with Gasteiger partial charge in [0.15, 0.2) is 0 Å². The summed E-state index contributed by atoms with van der Waals surface area (Å²) >= 11 is 1.16. The molecule has 0 bridgehead atoms. The molecule has 0 radical (unpaired) electrons. The van der Waals surface area contributed by atoms with Crippen LogP contribution in [0.1, 0.15) is 45.6 Å². The number of rotatable bonds is 6. The Balaban J connectivity index is 1.56. The lowest BCUT2D eigenvalue weighted by molar-refractivity contribution is 0.0984. The Hall–Kier alpha value is -2.34. The number of aryl methyl sites for hydroxylation is 1. The number of benzene rings is 1. The van der Waals surface area contributed by atoms with Crippen molar-refractivity contribution >= 4 is 37.3 Å². The molecule has 1 aliphatic heterocycles. The zero-order valence-corrected chi connectivity index (χ0v) is 19.8. The fraction of sp³-hybridized carbons (Fsp3) is 0.333. The van der Waals surface area contributed by atoms with Gasteiger partial charge in [0, 0.05) is 19.0 Å². The Morgan fingerprint density at radius 1 is 1.12 bits per heavy atom. The van der Waals surface area contributed by atoms with Crippen LogP contribution in [-0.2, 0) is 20.0 Å². The molecule has 2 aliphatic rings. The summed E-state index contributed by atoms with van der Waals surface area (Å²) in [4.78, 5) is 17.0. The van der Waals surface area contributed by atoms with Crippen LogP contribution >= 0.6 is 11.3 Å². The topological polar surface area (TPSA) is 114 Å². The van der Waals surface area contributed by atoms with Gasteiger partial charge in [-0.05, 0) is 44.4 Å². The van der Waals surface area contributed by atoms with Gasteiger partial charge in [0.2, 0.25) is 10.0 Å². The van der Waals surface area contributed by atoms with E-state index in [0.717, 1.165) is 41.7 Å². The first-order chi connectivity index (χ1) is 15.2. The maximum atomic E-state index is 12.9. The molecule has 1 atom stereocenters. The van der Waals surface area contributed by atoms with Crippen LogP contribution in [0.3, 0.4) is 0 Å². The quantitative estimate of drug-likeness (QED) is 0.662. The van der Waals surface area contributed by atoms with Crippen LogP contribution in [0.4, 0.5) is 0 Å². The summed E-state index contributed by atoms with van der Waals surface area (Å²) in [6, 6.07) is 5.08. The highest BCUT2D eigenvalue weighted by molar-refractivity contribution is 7.90. The number of amides is 1. The Labute approximate surface area is 191 Å². The molecule has 1 aromatic carbocycles. The third kappa shape index (κ3) is 4.56. The fourth-order valence-electron chi connectivity index (χ4n) is 3.66. The predicted molar refractivity (Wildman–Crippen MR) is 122 cm³/mol. The monoisotopic (exact) mass is 493 g/mol. The number of aromatic nitrogens is 1. The van der Waals surface area contributed by atoms with Crippen LogP contribution in [0.2, 0.25) is 0 Å². The standard InChI is InChI=1S/C21H23N3O5S3/c1-15-19(30-21(22-15)16-8-3-2-4-9-16)20(25)23-31(26,27)17-10-7-11-18(14-17)32(28,29)24-12-5-6-13-24/h2-4,7-8,10-11,14,16H,5-6,9,12-13H2,1H3,(H,23,25). The second-order valence-electron chi connectivity index (χ2n) is 7.64. The van der Waals surface area contributed by atoms with Gasteiger partial charge in [-0.15, -0.1) is 11.3 Å². The van der Waals surface area contributed by atoms with Gasteiger partial charge in [0.1, 0.15) is 9.88 Å². The molecule has 1 N–H and O–H groups in total. The molecule has 0 spiro atoms. The van der Waals surface area contributed by atoms with Gasteiger partial charge in [0.25, 0.3) is 15.9 Å². The predicted octanol–water partition coefficient (Wildman–Crippen LogP) is 2.95. The molecule has 170 valence electrons.